The van der Waals surface area contributed by atoms with Gasteiger partial charge in [0.2, 0.25) is 0 Å². The van der Waals surface area contributed by atoms with E-state index in [1.54, 1.807) is 0 Å². The highest BCUT2D eigenvalue weighted by molar-refractivity contribution is 5.13. The molecule has 1 aliphatic rings. The van der Waals surface area contributed by atoms with Gasteiger partial charge in [-0.1, -0.05) is 13.8 Å². The van der Waals surface area contributed by atoms with Crippen LogP contribution in [0.1, 0.15) is 45.0 Å². The van der Waals surface area contributed by atoms with Crippen molar-refractivity contribution in [2.75, 3.05) is 6.61 Å². The SMILES string of the molecule is CCc1cc(CC(C)(CO)C2CC2)n(CC)n1. The summed E-state index contributed by atoms with van der Waals surface area (Å²) < 4.78 is 2.09. The maximum atomic E-state index is 9.65. The molecule has 0 saturated heterocycles. The smallest absolute Gasteiger partial charge is 0.0624 e. The molecule has 0 radical (unpaired) electrons. The van der Waals surface area contributed by atoms with E-state index in [4.69, 9.17) is 0 Å². The van der Waals surface area contributed by atoms with Crippen molar-refractivity contribution in [3.63, 3.8) is 0 Å². The Kier molecular flexibility index (Phi) is 3.57. The van der Waals surface area contributed by atoms with Crippen molar-refractivity contribution in [2.24, 2.45) is 11.3 Å². The number of nitrogens with zero attached hydrogens (tertiary/aromatic N) is 2. The molecule has 0 amide bonds. The third kappa shape index (κ3) is 2.54. The molecule has 2 rings (SSSR count). The summed E-state index contributed by atoms with van der Waals surface area (Å²) in [7, 11) is 0. The lowest BCUT2D eigenvalue weighted by Gasteiger charge is -2.27. The van der Waals surface area contributed by atoms with Crippen molar-refractivity contribution in [3.05, 3.63) is 17.5 Å². The molecule has 0 spiro atoms. The largest absolute Gasteiger partial charge is 0.396 e. The first kappa shape index (κ1) is 12.6. The summed E-state index contributed by atoms with van der Waals surface area (Å²) in [6.45, 7) is 7.68. The van der Waals surface area contributed by atoms with Crippen LogP contribution in [0.5, 0.6) is 0 Å². The van der Waals surface area contributed by atoms with Gasteiger partial charge in [0, 0.05) is 18.8 Å². The molecule has 17 heavy (non-hydrogen) atoms. The standard InChI is InChI=1S/C14H24N2O/c1-4-12-8-13(16(5-2)15-12)9-14(3,10-17)11-6-7-11/h8,11,17H,4-7,9-10H2,1-3H3. The molecule has 1 aliphatic carbocycles. The lowest BCUT2D eigenvalue weighted by atomic mass is 9.81. The fraction of sp³-hybridized carbons (Fsp3) is 0.786. The van der Waals surface area contributed by atoms with Gasteiger partial charge in [-0.2, -0.15) is 5.10 Å². The molecule has 96 valence electrons. The number of aliphatic hydroxyl groups is 1. The normalized spacial score (nSPS) is 19.3. The molecule has 3 heteroatoms. The Bertz CT molecular complexity index is 382. The number of aliphatic hydroxyl groups excluding tert-OH is 1. The third-order valence-corrected chi connectivity index (χ3v) is 4.08. The van der Waals surface area contributed by atoms with Crippen molar-refractivity contribution in [2.45, 2.75) is 53.0 Å². The van der Waals surface area contributed by atoms with Crippen molar-refractivity contribution >= 4 is 0 Å². The number of hydrogen-bond acceptors (Lipinski definition) is 2. The molecule has 1 heterocycles. The van der Waals surface area contributed by atoms with E-state index in [2.05, 4.69) is 36.6 Å². The van der Waals surface area contributed by atoms with Crippen LogP contribution in [-0.2, 0) is 19.4 Å². The Morgan fingerprint density at radius 1 is 1.47 bits per heavy atom. The van der Waals surface area contributed by atoms with Crippen LogP contribution in [0.2, 0.25) is 0 Å². The van der Waals surface area contributed by atoms with Gasteiger partial charge < -0.3 is 5.11 Å². The molecule has 0 aromatic carbocycles. The number of hydrogen-bond donors (Lipinski definition) is 1. The van der Waals surface area contributed by atoms with E-state index >= 15 is 0 Å². The van der Waals surface area contributed by atoms with Crippen molar-refractivity contribution in [1.29, 1.82) is 0 Å². The van der Waals surface area contributed by atoms with Gasteiger partial charge in [0.15, 0.2) is 0 Å². The summed E-state index contributed by atoms with van der Waals surface area (Å²) in [6, 6.07) is 2.21. The van der Waals surface area contributed by atoms with Gasteiger partial charge in [-0.25, -0.2) is 0 Å². The van der Waals surface area contributed by atoms with Crippen molar-refractivity contribution in [1.82, 2.24) is 9.78 Å². The number of aryl methyl sites for hydroxylation is 2. The first-order valence-corrected chi connectivity index (χ1v) is 6.79. The minimum atomic E-state index is 0.0535. The molecule has 0 bridgehead atoms. The average Bonchev–Trinajstić information content (AvgIpc) is 3.12. The maximum Gasteiger partial charge on any atom is 0.0624 e. The van der Waals surface area contributed by atoms with Gasteiger partial charge in [-0.05, 0) is 50.0 Å². The Labute approximate surface area is 104 Å². The summed E-state index contributed by atoms with van der Waals surface area (Å²) in [5, 5.41) is 14.2. The highest BCUT2D eigenvalue weighted by Crippen LogP contribution is 2.47. The third-order valence-electron chi connectivity index (χ3n) is 4.08. The molecule has 1 saturated carbocycles. The molecule has 1 unspecified atom stereocenters. The molecule has 0 aliphatic heterocycles. The second-order valence-corrected chi connectivity index (χ2v) is 5.56. The predicted molar refractivity (Wildman–Crippen MR) is 68.9 cm³/mol. The zero-order valence-electron chi connectivity index (χ0n) is 11.2. The highest BCUT2D eigenvalue weighted by Gasteiger charge is 2.41. The summed E-state index contributed by atoms with van der Waals surface area (Å²) in [4.78, 5) is 0. The van der Waals surface area contributed by atoms with E-state index in [0.29, 0.717) is 5.92 Å². The fourth-order valence-electron chi connectivity index (χ4n) is 2.63. The zero-order chi connectivity index (χ0) is 12.5. The van der Waals surface area contributed by atoms with Gasteiger partial charge >= 0.3 is 0 Å². The monoisotopic (exact) mass is 236 g/mol. The van der Waals surface area contributed by atoms with Crippen LogP contribution in [-0.4, -0.2) is 21.5 Å². The molecule has 1 atom stereocenters. The van der Waals surface area contributed by atoms with E-state index < -0.39 is 0 Å². The lowest BCUT2D eigenvalue weighted by Crippen LogP contribution is -2.28. The van der Waals surface area contributed by atoms with Crippen LogP contribution in [0, 0.1) is 11.3 Å². The van der Waals surface area contributed by atoms with E-state index in [1.807, 2.05) is 0 Å². The molecule has 1 N–H and O–H groups in total. The minimum Gasteiger partial charge on any atom is -0.396 e. The number of rotatable bonds is 6. The quantitative estimate of drug-likeness (QED) is 0.823. The molecule has 1 aromatic rings. The fourth-order valence-corrected chi connectivity index (χ4v) is 2.63. The molecule has 3 nitrogen and oxygen atoms in total. The first-order chi connectivity index (χ1) is 8.12. The Morgan fingerprint density at radius 3 is 2.65 bits per heavy atom. The van der Waals surface area contributed by atoms with Crippen molar-refractivity contribution < 1.29 is 5.11 Å². The highest BCUT2D eigenvalue weighted by atomic mass is 16.3. The summed E-state index contributed by atoms with van der Waals surface area (Å²) in [5.74, 6) is 0.706. The molecule has 1 fully saturated rings. The zero-order valence-corrected chi connectivity index (χ0v) is 11.2. The van der Waals surface area contributed by atoms with E-state index in [0.717, 1.165) is 25.1 Å². The van der Waals surface area contributed by atoms with Crippen LogP contribution >= 0.6 is 0 Å². The van der Waals surface area contributed by atoms with Gasteiger partial charge in [0.25, 0.3) is 0 Å². The van der Waals surface area contributed by atoms with Crippen molar-refractivity contribution in [3.8, 4) is 0 Å². The molecular weight excluding hydrogens is 212 g/mol. The number of aromatic nitrogens is 2. The second-order valence-electron chi connectivity index (χ2n) is 5.56. The Balaban J connectivity index is 2.18. The van der Waals surface area contributed by atoms with Gasteiger partial charge in [0.05, 0.1) is 5.69 Å². The molecule has 1 aromatic heterocycles. The van der Waals surface area contributed by atoms with E-state index in [-0.39, 0.29) is 12.0 Å². The van der Waals surface area contributed by atoms with Crippen LogP contribution in [0.15, 0.2) is 6.07 Å². The minimum absolute atomic E-state index is 0.0535. The average molecular weight is 236 g/mol. The first-order valence-electron chi connectivity index (χ1n) is 6.79. The summed E-state index contributed by atoms with van der Waals surface area (Å²) in [5.41, 5.74) is 2.50. The van der Waals surface area contributed by atoms with E-state index in [1.165, 1.54) is 18.5 Å². The molecular formula is C14H24N2O. The lowest BCUT2D eigenvalue weighted by molar-refractivity contribution is 0.117. The Hall–Kier alpha value is -0.830. The Morgan fingerprint density at radius 2 is 2.18 bits per heavy atom. The van der Waals surface area contributed by atoms with Crippen LogP contribution in [0.4, 0.5) is 0 Å². The van der Waals surface area contributed by atoms with E-state index in [9.17, 15) is 5.11 Å². The van der Waals surface area contributed by atoms with Gasteiger partial charge in [-0.3, -0.25) is 4.68 Å². The van der Waals surface area contributed by atoms with Crippen LogP contribution in [0.3, 0.4) is 0 Å². The maximum absolute atomic E-state index is 9.65. The topological polar surface area (TPSA) is 38.0 Å². The van der Waals surface area contributed by atoms with Gasteiger partial charge in [-0.15, -0.1) is 0 Å². The van der Waals surface area contributed by atoms with Crippen LogP contribution < -0.4 is 0 Å². The second kappa shape index (κ2) is 4.81. The summed E-state index contributed by atoms with van der Waals surface area (Å²) >= 11 is 0. The van der Waals surface area contributed by atoms with Gasteiger partial charge in [0.1, 0.15) is 0 Å². The summed E-state index contributed by atoms with van der Waals surface area (Å²) in [6.07, 6.45) is 4.49. The van der Waals surface area contributed by atoms with Crippen LogP contribution in [0.25, 0.3) is 0 Å². The predicted octanol–water partition coefficient (Wildman–Crippen LogP) is 2.42.